The third-order valence-electron chi connectivity index (χ3n) is 3.77. The van der Waals surface area contributed by atoms with E-state index in [2.05, 4.69) is 5.32 Å². The van der Waals surface area contributed by atoms with Crippen molar-refractivity contribution in [1.29, 1.82) is 0 Å². The van der Waals surface area contributed by atoms with E-state index in [-0.39, 0.29) is 23.5 Å². The molecule has 1 N–H and O–H groups in total. The van der Waals surface area contributed by atoms with Gasteiger partial charge in [-0.1, -0.05) is 12.1 Å². The number of fused-ring (bicyclic) bond motifs is 1. The van der Waals surface area contributed by atoms with Crippen molar-refractivity contribution in [1.82, 2.24) is 10.2 Å². The molecule has 0 aromatic heterocycles. The monoisotopic (exact) mass is 264 g/mol. The molecular formula is C14H17FN2O2. The van der Waals surface area contributed by atoms with Crippen LogP contribution < -0.4 is 10.1 Å². The molecule has 19 heavy (non-hydrogen) atoms. The van der Waals surface area contributed by atoms with E-state index >= 15 is 0 Å². The highest BCUT2D eigenvalue weighted by atomic mass is 19.1. The molecule has 4 nitrogen and oxygen atoms in total. The number of benzene rings is 1. The van der Waals surface area contributed by atoms with Crippen molar-refractivity contribution in [2.75, 3.05) is 19.6 Å². The van der Waals surface area contributed by atoms with Crippen molar-refractivity contribution >= 4 is 5.91 Å². The van der Waals surface area contributed by atoms with Gasteiger partial charge in [0.05, 0.1) is 0 Å². The maximum Gasteiger partial charge on any atom is 0.264 e. The van der Waals surface area contributed by atoms with Gasteiger partial charge in [-0.15, -0.1) is 0 Å². The number of ether oxygens (including phenoxy) is 1. The summed E-state index contributed by atoms with van der Waals surface area (Å²) in [7, 11) is 0. The summed E-state index contributed by atoms with van der Waals surface area (Å²) in [6.07, 6.45) is -0.116. The molecule has 1 saturated heterocycles. The van der Waals surface area contributed by atoms with Crippen molar-refractivity contribution in [3.05, 3.63) is 29.6 Å². The van der Waals surface area contributed by atoms with E-state index in [4.69, 9.17) is 4.74 Å². The molecule has 0 radical (unpaired) electrons. The summed E-state index contributed by atoms with van der Waals surface area (Å²) in [5, 5.41) is 3.24. The molecule has 2 aliphatic rings. The maximum atomic E-state index is 13.6. The minimum Gasteiger partial charge on any atom is -0.477 e. The molecule has 1 amide bonds. The van der Waals surface area contributed by atoms with Crippen LogP contribution in [0.5, 0.6) is 5.75 Å². The average Bonchev–Trinajstić information content (AvgIpc) is 2.84. The van der Waals surface area contributed by atoms with Crippen LogP contribution in [0.2, 0.25) is 0 Å². The van der Waals surface area contributed by atoms with E-state index in [9.17, 15) is 9.18 Å². The lowest BCUT2D eigenvalue weighted by Crippen LogP contribution is -2.55. The first-order valence-corrected chi connectivity index (χ1v) is 6.62. The highest BCUT2D eigenvalue weighted by molar-refractivity contribution is 5.83. The van der Waals surface area contributed by atoms with Gasteiger partial charge in [-0.3, -0.25) is 4.79 Å². The van der Waals surface area contributed by atoms with E-state index in [1.807, 2.05) is 17.9 Å². The number of nitrogens with one attached hydrogen (secondary N) is 1. The number of nitrogens with zero attached hydrogens (tertiary/aromatic N) is 1. The van der Waals surface area contributed by atoms with Gasteiger partial charge in [0.1, 0.15) is 0 Å². The van der Waals surface area contributed by atoms with Crippen LogP contribution in [0, 0.1) is 5.82 Å². The molecule has 0 bridgehead atoms. The van der Waals surface area contributed by atoms with Crippen LogP contribution in [0.15, 0.2) is 18.2 Å². The summed E-state index contributed by atoms with van der Waals surface area (Å²) < 4.78 is 19.1. The Bertz CT molecular complexity index is 506. The largest absolute Gasteiger partial charge is 0.477 e. The van der Waals surface area contributed by atoms with Gasteiger partial charge in [-0.05, 0) is 13.0 Å². The van der Waals surface area contributed by atoms with Crippen molar-refractivity contribution in [3.63, 3.8) is 0 Å². The molecule has 2 atom stereocenters. The number of carbonyl (C=O) groups is 1. The maximum absolute atomic E-state index is 13.6. The van der Waals surface area contributed by atoms with Crippen LogP contribution >= 0.6 is 0 Å². The second-order valence-electron chi connectivity index (χ2n) is 5.12. The zero-order chi connectivity index (χ0) is 13.4. The Hall–Kier alpha value is -1.62. The number of halogens is 1. The zero-order valence-corrected chi connectivity index (χ0v) is 10.9. The van der Waals surface area contributed by atoms with E-state index in [1.165, 1.54) is 6.07 Å². The molecule has 5 heteroatoms. The van der Waals surface area contributed by atoms with Crippen molar-refractivity contribution in [3.8, 4) is 5.75 Å². The highest BCUT2D eigenvalue weighted by Gasteiger charge is 2.36. The Labute approximate surface area is 111 Å². The predicted octanol–water partition coefficient (Wildman–Crippen LogP) is 0.950. The molecule has 2 heterocycles. The molecule has 0 aliphatic carbocycles. The van der Waals surface area contributed by atoms with Crippen molar-refractivity contribution in [2.24, 2.45) is 0 Å². The van der Waals surface area contributed by atoms with Gasteiger partial charge in [0.2, 0.25) is 0 Å². The van der Waals surface area contributed by atoms with Crippen molar-refractivity contribution < 1.29 is 13.9 Å². The molecule has 3 rings (SSSR count). The minimum absolute atomic E-state index is 0.0374. The highest BCUT2D eigenvalue weighted by Crippen LogP contribution is 2.32. The summed E-state index contributed by atoms with van der Waals surface area (Å²) in [6.45, 7) is 4.27. The van der Waals surface area contributed by atoms with Crippen molar-refractivity contribution in [2.45, 2.75) is 25.5 Å². The van der Waals surface area contributed by atoms with Crippen LogP contribution in [0.3, 0.4) is 0 Å². The molecule has 2 unspecified atom stereocenters. The lowest BCUT2D eigenvalue weighted by Gasteiger charge is -2.35. The van der Waals surface area contributed by atoms with Crippen LogP contribution in [0.1, 0.15) is 12.5 Å². The fourth-order valence-electron chi connectivity index (χ4n) is 2.72. The number of para-hydroxylation sites is 1. The molecular weight excluding hydrogens is 247 g/mol. The number of hydrogen-bond donors (Lipinski definition) is 1. The standard InChI is InChI=1S/C14H17FN2O2/c1-9-8-16-5-6-17(9)14(18)12-7-10-3-2-4-11(15)13(10)19-12/h2-4,9,12,16H,5-8H2,1H3. The summed E-state index contributed by atoms with van der Waals surface area (Å²) in [6, 6.07) is 4.97. The first-order valence-electron chi connectivity index (χ1n) is 6.62. The minimum atomic E-state index is -0.576. The molecule has 102 valence electrons. The van der Waals surface area contributed by atoms with E-state index in [0.717, 1.165) is 18.7 Å². The van der Waals surface area contributed by atoms with E-state index in [1.54, 1.807) is 6.07 Å². The third kappa shape index (κ3) is 2.18. The molecule has 0 saturated carbocycles. The lowest BCUT2D eigenvalue weighted by molar-refractivity contribution is -0.140. The SMILES string of the molecule is CC1CNCCN1C(=O)C1Cc2cccc(F)c2O1. The Morgan fingerprint density at radius 2 is 2.37 bits per heavy atom. The second-order valence-corrected chi connectivity index (χ2v) is 5.12. The molecule has 0 spiro atoms. The summed E-state index contributed by atoms with van der Waals surface area (Å²) in [5.74, 6) is -0.186. The number of amides is 1. The van der Waals surface area contributed by atoms with Gasteiger partial charge in [-0.2, -0.15) is 0 Å². The topological polar surface area (TPSA) is 41.6 Å². The summed E-state index contributed by atoms with van der Waals surface area (Å²) >= 11 is 0. The number of piperazine rings is 1. The van der Waals surface area contributed by atoms with Gasteiger partial charge < -0.3 is 15.0 Å². The normalized spacial score (nSPS) is 25.9. The predicted molar refractivity (Wildman–Crippen MR) is 68.6 cm³/mol. The Balaban J connectivity index is 1.75. The fraction of sp³-hybridized carbons (Fsp3) is 0.500. The van der Waals surface area contributed by atoms with Crippen LogP contribution in [-0.4, -0.2) is 42.6 Å². The quantitative estimate of drug-likeness (QED) is 0.821. The molecule has 1 aromatic carbocycles. The number of carbonyl (C=O) groups excluding carboxylic acids is 1. The van der Waals surface area contributed by atoms with Gasteiger partial charge in [0.25, 0.3) is 5.91 Å². The Kier molecular flexibility index (Phi) is 3.14. The molecule has 2 aliphatic heterocycles. The third-order valence-corrected chi connectivity index (χ3v) is 3.77. The van der Waals surface area contributed by atoms with Gasteiger partial charge in [0.15, 0.2) is 17.7 Å². The van der Waals surface area contributed by atoms with Gasteiger partial charge in [0, 0.05) is 37.7 Å². The summed E-state index contributed by atoms with van der Waals surface area (Å²) in [5.41, 5.74) is 0.779. The van der Waals surface area contributed by atoms with Gasteiger partial charge >= 0.3 is 0 Å². The van der Waals surface area contributed by atoms with E-state index in [0.29, 0.717) is 13.0 Å². The molecule has 1 fully saturated rings. The Morgan fingerprint density at radius 1 is 1.53 bits per heavy atom. The smallest absolute Gasteiger partial charge is 0.264 e. The summed E-state index contributed by atoms with van der Waals surface area (Å²) in [4.78, 5) is 14.3. The lowest BCUT2D eigenvalue weighted by atomic mass is 10.1. The first kappa shape index (κ1) is 12.4. The first-order chi connectivity index (χ1) is 9.16. The Morgan fingerprint density at radius 3 is 3.11 bits per heavy atom. The zero-order valence-electron chi connectivity index (χ0n) is 10.9. The average molecular weight is 264 g/mol. The van der Waals surface area contributed by atoms with Gasteiger partial charge in [-0.25, -0.2) is 4.39 Å². The number of hydrogen-bond acceptors (Lipinski definition) is 3. The number of rotatable bonds is 1. The van der Waals surface area contributed by atoms with Crippen LogP contribution in [0.4, 0.5) is 4.39 Å². The second kappa shape index (κ2) is 4.81. The van der Waals surface area contributed by atoms with E-state index < -0.39 is 6.10 Å². The fourth-order valence-corrected chi connectivity index (χ4v) is 2.72. The van der Waals surface area contributed by atoms with Crippen LogP contribution in [0.25, 0.3) is 0 Å². The molecule has 1 aromatic rings. The van der Waals surface area contributed by atoms with Crippen LogP contribution in [-0.2, 0) is 11.2 Å².